The molecule has 0 aromatic heterocycles. The third kappa shape index (κ3) is 3.86. The van der Waals surface area contributed by atoms with E-state index in [1.807, 2.05) is 6.92 Å². The predicted octanol–water partition coefficient (Wildman–Crippen LogP) is 4.91. The van der Waals surface area contributed by atoms with Crippen molar-refractivity contribution in [2.24, 2.45) is 4.99 Å². The fourth-order valence-electron chi connectivity index (χ4n) is 3.00. The largest absolute Gasteiger partial charge is 0.344 e. The number of amidine groups is 1. The van der Waals surface area contributed by atoms with Crippen molar-refractivity contribution in [1.29, 1.82) is 0 Å². The number of nitrogens with zero attached hydrogens (tertiary/aromatic N) is 3. The number of benzene rings is 1. The Kier molecular flexibility index (Phi) is 6.04. The van der Waals surface area contributed by atoms with E-state index in [-0.39, 0.29) is 10.6 Å². The van der Waals surface area contributed by atoms with Crippen LogP contribution in [0.25, 0.3) is 0 Å². The van der Waals surface area contributed by atoms with E-state index in [2.05, 4.69) is 25.7 Å². The summed E-state index contributed by atoms with van der Waals surface area (Å²) >= 11 is 1.80. The van der Waals surface area contributed by atoms with Crippen LogP contribution in [0.2, 0.25) is 0 Å². The van der Waals surface area contributed by atoms with Crippen molar-refractivity contribution in [2.45, 2.75) is 59.0 Å². The van der Waals surface area contributed by atoms with Gasteiger partial charge in [-0.2, -0.15) is 0 Å². The number of rotatable bonds is 6. The summed E-state index contributed by atoms with van der Waals surface area (Å²) in [6.07, 6.45) is 3.32. The molecule has 126 valence electrons. The molecule has 0 N–H and O–H groups in total. The Labute approximate surface area is 142 Å². The van der Waals surface area contributed by atoms with Crippen LogP contribution in [0, 0.1) is 17.0 Å². The zero-order chi connectivity index (χ0) is 17.0. The summed E-state index contributed by atoms with van der Waals surface area (Å²) in [6.45, 7) is 8.54. The first-order valence-corrected chi connectivity index (χ1v) is 9.25. The number of nitro groups is 1. The van der Waals surface area contributed by atoms with Crippen molar-refractivity contribution < 1.29 is 4.92 Å². The number of hydrogen-bond acceptors (Lipinski definition) is 4. The second kappa shape index (κ2) is 7.81. The van der Waals surface area contributed by atoms with Gasteiger partial charge in [-0.05, 0) is 37.8 Å². The second-order valence-electron chi connectivity index (χ2n) is 5.87. The molecule has 0 radical (unpaired) electrons. The summed E-state index contributed by atoms with van der Waals surface area (Å²) in [5.41, 5.74) is 1.79. The number of hydrogen-bond donors (Lipinski definition) is 0. The standard InChI is InChI=1S/C17H25N3O2S/c1-5-13(6-2)19-14(7-3)11-23-17(19)18-16-9-8-15(20(21)22)10-12(16)4/h8-10,13-14H,5-7,11H2,1-4H3. The first-order valence-electron chi connectivity index (χ1n) is 8.26. The van der Waals surface area contributed by atoms with Gasteiger partial charge >= 0.3 is 0 Å². The van der Waals surface area contributed by atoms with Gasteiger partial charge < -0.3 is 4.90 Å². The Morgan fingerprint density at radius 2 is 2.09 bits per heavy atom. The minimum absolute atomic E-state index is 0.119. The van der Waals surface area contributed by atoms with Gasteiger partial charge in [0.05, 0.1) is 10.6 Å². The number of aliphatic imine (C=N–C) groups is 1. The van der Waals surface area contributed by atoms with Gasteiger partial charge in [0.1, 0.15) is 0 Å². The second-order valence-corrected chi connectivity index (χ2v) is 6.86. The van der Waals surface area contributed by atoms with Crippen molar-refractivity contribution >= 4 is 28.3 Å². The van der Waals surface area contributed by atoms with Crippen LogP contribution < -0.4 is 0 Å². The number of non-ortho nitro benzene ring substituents is 1. The van der Waals surface area contributed by atoms with Gasteiger partial charge in [0.15, 0.2) is 5.17 Å². The van der Waals surface area contributed by atoms with Crippen molar-refractivity contribution in [3.63, 3.8) is 0 Å². The van der Waals surface area contributed by atoms with Crippen molar-refractivity contribution in [3.8, 4) is 0 Å². The Morgan fingerprint density at radius 3 is 2.61 bits per heavy atom. The molecule has 1 atom stereocenters. The van der Waals surface area contributed by atoms with E-state index in [1.165, 1.54) is 6.07 Å². The molecule has 1 aliphatic rings. The van der Waals surface area contributed by atoms with E-state index in [1.54, 1.807) is 23.9 Å². The van der Waals surface area contributed by atoms with Gasteiger partial charge in [0, 0.05) is 30.0 Å². The average molecular weight is 335 g/mol. The Morgan fingerprint density at radius 1 is 1.39 bits per heavy atom. The maximum absolute atomic E-state index is 10.9. The summed E-state index contributed by atoms with van der Waals surface area (Å²) in [7, 11) is 0. The quantitative estimate of drug-likeness (QED) is 0.547. The van der Waals surface area contributed by atoms with Crippen LogP contribution in [0.15, 0.2) is 23.2 Å². The molecule has 0 spiro atoms. The molecule has 0 aliphatic carbocycles. The smallest absolute Gasteiger partial charge is 0.269 e. The zero-order valence-electron chi connectivity index (χ0n) is 14.3. The lowest BCUT2D eigenvalue weighted by Gasteiger charge is -2.33. The lowest BCUT2D eigenvalue weighted by atomic mass is 10.1. The zero-order valence-corrected chi connectivity index (χ0v) is 15.1. The van der Waals surface area contributed by atoms with E-state index in [0.29, 0.717) is 12.1 Å². The van der Waals surface area contributed by atoms with Crippen LogP contribution in [0.5, 0.6) is 0 Å². The molecule has 1 saturated heterocycles. The fourth-order valence-corrected chi connectivity index (χ4v) is 4.35. The lowest BCUT2D eigenvalue weighted by Crippen LogP contribution is -2.41. The number of aryl methyl sites for hydroxylation is 1. The van der Waals surface area contributed by atoms with Crippen LogP contribution in [-0.2, 0) is 0 Å². The maximum atomic E-state index is 10.9. The van der Waals surface area contributed by atoms with Crippen LogP contribution >= 0.6 is 11.8 Å². The van der Waals surface area contributed by atoms with Gasteiger partial charge in [0.25, 0.3) is 5.69 Å². The van der Waals surface area contributed by atoms with E-state index in [0.717, 1.165) is 41.4 Å². The highest BCUT2D eigenvalue weighted by atomic mass is 32.2. The van der Waals surface area contributed by atoms with Gasteiger partial charge in [-0.25, -0.2) is 4.99 Å². The van der Waals surface area contributed by atoms with Crippen LogP contribution in [-0.4, -0.2) is 32.8 Å². The highest BCUT2D eigenvalue weighted by Gasteiger charge is 2.33. The van der Waals surface area contributed by atoms with Gasteiger partial charge in [-0.1, -0.05) is 32.5 Å². The summed E-state index contributed by atoms with van der Waals surface area (Å²) in [5.74, 6) is 1.07. The average Bonchev–Trinajstić information content (AvgIpc) is 2.93. The fraction of sp³-hybridized carbons (Fsp3) is 0.588. The summed E-state index contributed by atoms with van der Waals surface area (Å²) < 4.78 is 0. The van der Waals surface area contributed by atoms with Gasteiger partial charge in [-0.3, -0.25) is 10.1 Å². The van der Waals surface area contributed by atoms with Gasteiger partial charge in [0.2, 0.25) is 0 Å². The number of nitro benzene ring substituents is 1. The third-order valence-corrected chi connectivity index (χ3v) is 5.55. The van der Waals surface area contributed by atoms with Crippen molar-refractivity contribution in [2.75, 3.05) is 5.75 Å². The molecule has 1 unspecified atom stereocenters. The minimum Gasteiger partial charge on any atom is -0.344 e. The highest BCUT2D eigenvalue weighted by molar-refractivity contribution is 8.14. The summed E-state index contributed by atoms with van der Waals surface area (Å²) in [6, 6.07) is 5.92. The van der Waals surface area contributed by atoms with E-state index < -0.39 is 0 Å². The molecule has 1 aliphatic heterocycles. The molecule has 0 amide bonds. The van der Waals surface area contributed by atoms with Crippen molar-refractivity contribution in [1.82, 2.24) is 4.90 Å². The van der Waals surface area contributed by atoms with E-state index >= 15 is 0 Å². The van der Waals surface area contributed by atoms with Crippen LogP contribution in [0.1, 0.15) is 45.6 Å². The molecule has 1 heterocycles. The molecule has 1 aromatic carbocycles. The molecule has 23 heavy (non-hydrogen) atoms. The summed E-state index contributed by atoms with van der Waals surface area (Å²) in [5, 5.41) is 11.9. The highest BCUT2D eigenvalue weighted by Crippen LogP contribution is 2.33. The summed E-state index contributed by atoms with van der Waals surface area (Å²) in [4.78, 5) is 17.8. The van der Waals surface area contributed by atoms with E-state index in [4.69, 9.17) is 4.99 Å². The maximum Gasteiger partial charge on any atom is 0.269 e. The van der Waals surface area contributed by atoms with Crippen LogP contribution in [0.4, 0.5) is 11.4 Å². The molecule has 1 fully saturated rings. The molecular weight excluding hydrogens is 310 g/mol. The number of thioether (sulfide) groups is 1. The van der Waals surface area contributed by atoms with Crippen molar-refractivity contribution in [3.05, 3.63) is 33.9 Å². The first kappa shape index (κ1) is 17.8. The van der Waals surface area contributed by atoms with Crippen LogP contribution in [0.3, 0.4) is 0 Å². The first-order chi connectivity index (χ1) is 11.0. The lowest BCUT2D eigenvalue weighted by molar-refractivity contribution is -0.384. The van der Waals surface area contributed by atoms with Gasteiger partial charge in [-0.15, -0.1) is 0 Å². The Hall–Kier alpha value is -1.56. The third-order valence-electron chi connectivity index (χ3n) is 4.43. The monoisotopic (exact) mass is 335 g/mol. The molecule has 1 aromatic rings. The molecular formula is C17H25N3O2S. The SMILES string of the molecule is CCC(CC)N1C(=Nc2ccc([N+](=O)[O-])cc2C)SCC1CC. The Bertz CT molecular complexity index is 600. The Balaban J connectivity index is 2.35. The topological polar surface area (TPSA) is 58.7 Å². The molecule has 5 nitrogen and oxygen atoms in total. The molecule has 6 heteroatoms. The predicted molar refractivity (Wildman–Crippen MR) is 97.7 cm³/mol. The molecule has 0 bridgehead atoms. The molecule has 0 saturated carbocycles. The normalized spacial score (nSPS) is 19.8. The molecule has 2 rings (SSSR count). The minimum atomic E-state index is -0.363. The van der Waals surface area contributed by atoms with E-state index in [9.17, 15) is 10.1 Å².